The smallest absolute Gasteiger partial charge is 0.227 e. The van der Waals surface area contributed by atoms with E-state index in [0.29, 0.717) is 5.71 Å². The lowest BCUT2D eigenvalue weighted by Gasteiger charge is -2.17. The minimum atomic E-state index is -1.33. The lowest BCUT2D eigenvalue weighted by Crippen LogP contribution is -2.37. The third-order valence-corrected chi connectivity index (χ3v) is 6.31. The van der Waals surface area contributed by atoms with Gasteiger partial charge in [0.05, 0.1) is 13.8 Å². The highest BCUT2D eigenvalue weighted by atomic mass is 28.3. The van der Waals surface area contributed by atoms with Crippen molar-refractivity contribution in [1.82, 2.24) is 4.98 Å². The summed E-state index contributed by atoms with van der Waals surface area (Å²) in [6.07, 6.45) is 0. The summed E-state index contributed by atoms with van der Waals surface area (Å²) in [6.45, 7) is 7.09. The third-order valence-electron chi connectivity index (χ3n) is 4.27. The van der Waals surface area contributed by atoms with Crippen molar-refractivity contribution < 1.29 is 4.42 Å². The van der Waals surface area contributed by atoms with Gasteiger partial charge in [-0.15, -0.1) is 0 Å². The van der Waals surface area contributed by atoms with Crippen LogP contribution >= 0.6 is 0 Å². The van der Waals surface area contributed by atoms with Gasteiger partial charge in [0, 0.05) is 16.3 Å². The second-order valence-electron chi connectivity index (χ2n) is 6.98. The van der Waals surface area contributed by atoms with Crippen molar-refractivity contribution in [3.63, 3.8) is 0 Å². The predicted molar refractivity (Wildman–Crippen MR) is 99.9 cm³/mol. The number of rotatable bonds is 2. The van der Waals surface area contributed by atoms with Crippen molar-refractivity contribution >= 4 is 35.3 Å². The molecule has 0 unspecified atom stereocenters. The Morgan fingerprint density at radius 3 is 2.48 bits per heavy atom. The number of hydrogen-bond acceptors (Lipinski definition) is 2. The molecule has 23 heavy (non-hydrogen) atoms. The number of furan rings is 1. The first-order valence-electron chi connectivity index (χ1n) is 7.91. The molecular formula is C20H19NOSi. The molecule has 0 aliphatic heterocycles. The molecule has 0 aliphatic rings. The lowest BCUT2D eigenvalue weighted by molar-refractivity contribution is 0.654. The van der Waals surface area contributed by atoms with E-state index in [1.165, 1.54) is 5.19 Å². The molecule has 0 spiro atoms. The van der Waals surface area contributed by atoms with Crippen molar-refractivity contribution in [2.45, 2.75) is 19.6 Å². The molecule has 0 saturated carbocycles. The summed E-state index contributed by atoms with van der Waals surface area (Å²) in [5, 5.41) is 3.64. The molecule has 114 valence electrons. The van der Waals surface area contributed by atoms with Crippen molar-refractivity contribution in [1.29, 1.82) is 0 Å². The molecule has 0 aliphatic carbocycles. The highest BCUT2D eigenvalue weighted by Gasteiger charge is 2.17. The Morgan fingerprint density at radius 2 is 1.65 bits per heavy atom. The Hall–Kier alpha value is -2.39. The maximum absolute atomic E-state index is 5.91. The summed E-state index contributed by atoms with van der Waals surface area (Å²) in [6, 6.07) is 21.1. The van der Waals surface area contributed by atoms with Crippen LogP contribution in [0, 0.1) is 0 Å². The number of benzene rings is 2. The van der Waals surface area contributed by atoms with E-state index in [0.717, 1.165) is 27.6 Å². The first-order valence-corrected chi connectivity index (χ1v) is 11.4. The summed E-state index contributed by atoms with van der Waals surface area (Å²) in [7, 11) is -1.33. The maximum atomic E-state index is 5.91. The van der Waals surface area contributed by atoms with E-state index in [9.17, 15) is 0 Å². The Balaban J connectivity index is 1.88. The molecule has 2 aromatic heterocycles. The molecule has 2 heterocycles. The summed E-state index contributed by atoms with van der Waals surface area (Å²) in [4.78, 5) is 4.75. The molecule has 3 heteroatoms. The minimum Gasteiger partial charge on any atom is -0.438 e. The third kappa shape index (κ3) is 2.47. The molecule has 0 amide bonds. The van der Waals surface area contributed by atoms with Gasteiger partial charge < -0.3 is 4.42 Å². The average Bonchev–Trinajstić information content (AvgIpc) is 2.92. The van der Waals surface area contributed by atoms with Gasteiger partial charge in [0.2, 0.25) is 5.71 Å². The number of fused-ring (bicyclic) bond motifs is 3. The van der Waals surface area contributed by atoms with E-state index in [2.05, 4.69) is 62.1 Å². The van der Waals surface area contributed by atoms with Gasteiger partial charge in [-0.05, 0) is 18.2 Å². The second-order valence-corrected chi connectivity index (χ2v) is 12.1. The number of hydrogen-bond donors (Lipinski definition) is 0. The fourth-order valence-electron chi connectivity index (χ4n) is 2.91. The highest BCUT2D eigenvalue weighted by Crippen LogP contribution is 2.29. The molecule has 4 rings (SSSR count). The van der Waals surface area contributed by atoms with E-state index in [-0.39, 0.29) is 0 Å². The maximum Gasteiger partial charge on any atom is 0.227 e. The van der Waals surface area contributed by atoms with Crippen LogP contribution in [0.3, 0.4) is 0 Å². The Bertz CT molecular complexity index is 1010. The Kier molecular flexibility index (Phi) is 3.13. The van der Waals surface area contributed by atoms with Crippen LogP contribution in [0.1, 0.15) is 0 Å². The van der Waals surface area contributed by atoms with Gasteiger partial charge in [0.25, 0.3) is 0 Å². The Labute approximate surface area is 136 Å². The van der Waals surface area contributed by atoms with Gasteiger partial charge in [-0.25, -0.2) is 4.98 Å². The van der Waals surface area contributed by atoms with Gasteiger partial charge in [-0.2, -0.15) is 0 Å². The van der Waals surface area contributed by atoms with Crippen LogP contribution in [0.4, 0.5) is 0 Å². The SMILES string of the molecule is C[Si](C)(C)c1cccc(-c2ccc3c(n2)oc2ccccc23)c1. The first-order chi connectivity index (χ1) is 11.0. The highest BCUT2D eigenvalue weighted by molar-refractivity contribution is 6.88. The van der Waals surface area contributed by atoms with E-state index in [1.807, 2.05) is 18.2 Å². The predicted octanol–water partition coefficient (Wildman–Crippen LogP) is 5.19. The molecule has 0 atom stereocenters. The minimum absolute atomic E-state index is 0.710. The number of nitrogens with zero attached hydrogens (tertiary/aromatic N) is 1. The first kappa shape index (κ1) is 14.2. The fourth-order valence-corrected chi connectivity index (χ4v) is 4.10. The fraction of sp³-hybridized carbons (Fsp3) is 0.150. The van der Waals surface area contributed by atoms with Crippen molar-refractivity contribution in [3.05, 3.63) is 60.7 Å². The number of pyridine rings is 1. The molecular weight excluding hydrogens is 298 g/mol. The van der Waals surface area contributed by atoms with Crippen molar-refractivity contribution in [3.8, 4) is 11.3 Å². The molecule has 2 nitrogen and oxygen atoms in total. The number of aromatic nitrogens is 1. The largest absolute Gasteiger partial charge is 0.438 e. The normalized spacial score (nSPS) is 12.1. The summed E-state index contributed by atoms with van der Waals surface area (Å²) in [5.74, 6) is 0. The van der Waals surface area contributed by atoms with Crippen LogP contribution in [0.2, 0.25) is 19.6 Å². The van der Waals surface area contributed by atoms with Crippen LogP contribution in [0.25, 0.3) is 33.3 Å². The summed E-state index contributed by atoms with van der Waals surface area (Å²) in [5.41, 5.74) is 3.73. The quantitative estimate of drug-likeness (QED) is 0.475. The second kappa shape index (κ2) is 5.07. The molecule has 0 bridgehead atoms. The van der Waals surface area contributed by atoms with Crippen LogP contribution in [0.15, 0.2) is 65.1 Å². The monoisotopic (exact) mass is 317 g/mol. The van der Waals surface area contributed by atoms with Crippen molar-refractivity contribution in [2.24, 2.45) is 0 Å². The molecule has 2 aromatic carbocycles. The number of para-hydroxylation sites is 1. The van der Waals surface area contributed by atoms with Gasteiger partial charge >= 0.3 is 0 Å². The molecule has 0 radical (unpaired) electrons. The van der Waals surface area contributed by atoms with E-state index < -0.39 is 8.07 Å². The van der Waals surface area contributed by atoms with Crippen LogP contribution in [-0.4, -0.2) is 13.1 Å². The summed E-state index contributed by atoms with van der Waals surface area (Å²) < 4.78 is 5.91. The van der Waals surface area contributed by atoms with E-state index in [4.69, 9.17) is 9.40 Å². The zero-order chi connectivity index (χ0) is 16.0. The molecule has 0 saturated heterocycles. The zero-order valence-electron chi connectivity index (χ0n) is 13.6. The van der Waals surface area contributed by atoms with Gasteiger partial charge in [-0.1, -0.05) is 67.3 Å². The molecule has 0 N–H and O–H groups in total. The Morgan fingerprint density at radius 1 is 0.826 bits per heavy atom. The topological polar surface area (TPSA) is 26.0 Å². The van der Waals surface area contributed by atoms with E-state index >= 15 is 0 Å². The van der Waals surface area contributed by atoms with Crippen LogP contribution in [-0.2, 0) is 0 Å². The standard InChI is InChI=1S/C20H19NOSi/c1-23(2,3)15-8-6-7-14(13-15)18-12-11-17-16-9-4-5-10-19(16)22-20(17)21-18/h4-13H,1-3H3. The van der Waals surface area contributed by atoms with Crippen LogP contribution < -0.4 is 5.19 Å². The van der Waals surface area contributed by atoms with Gasteiger partial charge in [0.15, 0.2) is 0 Å². The zero-order valence-corrected chi connectivity index (χ0v) is 14.6. The van der Waals surface area contributed by atoms with Gasteiger partial charge in [0.1, 0.15) is 5.58 Å². The lowest BCUT2D eigenvalue weighted by atomic mass is 10.1. The molecule has 0 fully saturated rings. The van der Waals surface area contributed by atoms with Crippen LogP contribution in [0.5, 0.6) is 0 Å². The summed E-state index contributed by atoms with van der Waals surface area (Å²) >= 11 is 0. The van der Waals surface area contributed by atoms with Gasteiger partial charge in [-0.3, -0.25) is 0 Å². The average molecular weight is 317 g/mol. The van der Waals surface area contributed by atoms with Crippen molar-refractivity contribution in [2.75, 3.05) is 0 Å². The van der Waals surface area contributed by atoms with E-state index in [1.54, 1.807) is 0 Å². The molecule has 4 aromatic rings.